The van der Waals surface area contributed by atoms with Gasteiger partial charge in [0.2, 0.25) is 6.79 Å². The number of amides is 1. The summed E-state index contributed by atoms with van der Waals surface area (Å²) in [6.45, 7) is 6.23. The Morgan fingerprint density at radius 1 is 1.00 bits per heavy atom. The van der Waals surface area contributed by atoms with E-state index in [1.54, 1.807) is 16.7 Å². The van der Waals surface area contributed by atoms with Crippen molar-refractivity contribution in [3.8, 4) is 11.5 Å². The molecule has 2 aromatic carbocycles. The largest absolute Gasteiger partial charge is 0.454 e. The van der Waals surface area contributed by atoms with E-state index in [4.69, 9.17) is 9.47 Å². The van der Waals surface area contributed by atoms with Crippen molar-refractivity contribution >= 4 is 5.91 Å². The van der Waals surface area contributed by atoms with Crippen LogP contribution in [0.5, 0.6) is 11.5 Å². The Hall–Kier alpha value is -3.42. The van der Waals surface area contributed by atoms with Crippen LogP contribution in [-0.4, -0.2) is 17.3 Å². The maximum atomic E-state index is 13.1. The third kappa shape index (κ3) is 4.17. The van der Waals surface area contributed by atoms with E-state index >= 15 is 0 Å². The van der Waals surface area contributed by atoms with Gasteiger partial charge in [0.15, 0.2) is 11.5 Å². The van der Waals surface area contributed by atoms with E-state index in [2.05, 4.69) is 5.32 Å². The number of aromatic nitrogens is 1. The van der Waals surface area contributed by atoms with Crippen LogP contribution in [0.25, 0.3) is 0 Å². The van der Waals surface area contributed by atoms with E-state index in [0.29, 0.717) is 22.8 Å². The predicted molar refractivity (Wildman–Crippen MR) is 113 cm³/mol. The van der Waals surface area contributed by atoms with Gasteiger partial charge >= 0.3 is 6.18 Å². The van der Waals surface area contributed by atoms with Crippen LogP contribution >= 0.6 is 0 Å². The molecule has 1 amide bonds. The van der Waals surface area contributed by atoms with E-state index in [9.17, 15) is 18.0 Å². The first-order valence-corrected chi connectivity index (χ1v) is 10.1. The Morgan fingerprint density at radius 2 is 1.75 bits per heavy atom. The van der Waals surface area contributed by atoms with Crippen LogP contribution in [0, 0.1) is 20.8 Å². The molecule has 2 heterocycles. The minimum atomic E-state index is -4.42. The Kier molecular flexibility index (Phi) is 5.62. The Labute approximate surface area is 183 Å². The zero-order valence-electron chi connectivity index (χ0n) is 18.0. The number of benzene rings is 2. The fourth-order valence-corrected chi connectivity index (χ4v) is 3.86. The van der Waals surface area contributed by atoms with E-state index < -0.39 is 11.7 Å². The average molecular weight is 444 g/mol. The molecule has 32 heavy (non-hydrogen) atoms. The second kappa shape index (κ2) is 8.26. The fourth-order valence-electron chi connectivity index (χ4n) is 3.86. The fraction of sp³-hybridized carbons (Fsp3) is 0.292. The van der Waals surface area contributed by atoms with Crippen molar-refractivity contribution in [3.63, 3.8) is 0 Å². The molecule has 1 aromatic heterocycles. The molecule has 0 spiro atoms. The lowest BCUT2D eigenvalue weighted by Gasteiger charge is -2.14. The molecule has 0 bridgehead atoms. The summed E-state index contributed by atoms with van der Waals surface area (Å²) >= 11 is 0. The monoisotopic (exact) mass is 444 g/mol. The molecule has 0 saturated heterocycles. The molecule has 0 aliphatic carbocycles. The number of hydrogen-bond donors (Lipinski definition) is 1. The van der Waals surface area contributed by atoms with E-state index in [0.717, 1.165) is 34.5 Å². The molecule has 3 aromatic rings. The highest BCUT2D eigenvalue weighted by molar-refractivity contribution is 5.95. The smallest absolute Gasteiger partial charge is 0.416 e. The minimum absolute atomic E-state index is 0.164. The van der Waals surface area contributed by atoms with Crippen molar-refractivity contribution in [2.45, 2.75) is 40.0 Å². The molecule has 0 radical (unpaired) electrons. The molecule has 0 atom stereocenters. The Bertz CT molecular complexity index is 1180. The first kappa shape index (κ1) is 21.8. The molecule has 0 saturated carbocycles. The number of carbonyl (C=O) groups excluding carboxylic acids is 1. The molecule has 1 aliphatic rings. The number of alkyl halides is 3. The summed E-state index contributed by atoms with van der Waals surface area (Å²) in [5.74, 6) is 1.01. The Morgan fingerprint density at radius 3 is 2.50 bits per heavy atom. The summed E-state index contributed by atoms with van der Waals surface area (Å²) in [5, 5.41) is 2.91. The molecule has 1 aliphatic heterocycles. The van der Waals surface area contributed by atoms with Crippen molar-refractivity contribution < 1.29 is 27.4 Å². The highest BCUT2D eigenvalue weighted by Crippen LogP contribution is 2.33. The number of carbonyl (C=O) groups is 1. The zero-order chi connectivity index (χ0) is 23.0. The van der Waals surface area contributed by atoms with Crippen LogP contribution in [0.15, 0.2) is 42.5 Å². The molecule has 5 nitrogen and oxygen atoms in total. The van der Waals surface area contributed by atoms with Crippen molar-refractivity contribution in [1.82, 2.24) is 9.88 Å². The first-order valence-electron chi connectivity index (χ1n) is 10.1. The summed E-state index contributed by atoms with van der Waals surface area (Å²) in [5.41, 5.74) is 3.64. The highest BCUT2D eigenvalue weighted by Gasteiger charge is 2.30. The summed E-state index contributed by atoms with van der Waals surface area (Å²) < 4.78 is 51.8. The number of hydrogen-bond acceptors (Lipinski definition) is 3. The van der Waals surface area contributed by atoms with Gasteiger partial charge in [-0.2, -0.15) is 13.2 Å². The molecule has 0 fully saturated rings. The first-order chi connectivity index (χ1) is 15.1. The molecule has 0 unspecified atom stereocenters. The standard InChI is InChI=1S/C24H23F3N2O3/c1-14-15(2)22(23(30)28-11-17-7-8-20-21(10-17)32-13-31-20)29(16(14)3)12-18-5-4-6-19(9-18)24(25,26)27/h4-10H,11-13H2,1-3H3,(H,28,30). The van der Waals surface area contributed by atoms with Gasteiger partial charge in [-0.1, -0.05) is 18.2 Å². The maximum absolute atomic E-state index is 13.1. The minimum Gasteiger partial charge on any atom is -0.454 e. The van der Waals surface area contributed by atoms with Gasteiger partial charge in [0.25, 0.3) is 5.91 Å². The third-order valence-electron chi connectivity index (χ3n) is 5.84. The molecule has 8 heteroatoms. The third-order valence-corrected chi connectivity index (χ3v) is 5.84. The quantitative estimate of drug-likeness (QED) is 0.593. The number of nitrogens with one attached hydrogen (secondary N) is 1. The summed E-state index contributed by atoms with van der Waals surface area (Å²) in [4.78, 5) is 13.1. The van der Waals surface area contributed by atoms with Crippen LogP contribution in [0.3, 0.4) is 0 Å². The van der Waals surface area contributed by atoms with Crippen LogP contribution in [0.1, 0.15) is 44.0 Å². The lowest BCUT2D eigenvalue weighted by Crippen LogP contribution is -2.26. The number of fused-ring (bicyclic) bond motifs is 1. The van der Waals surface area contributed by atoms with E-state index in [1.165, 1.54) is 6.07 Å². The van der Waals surface area contributed by atoms with Crippen molar-refractivity contribution in [2.75, 3.05) is 6.79 Å². The number of nitrogens with zero attached hydrogens (tertiary/aromatic N) is 1. The van der Waals surface area contributed by atoms with Gasteiger partial charge in [-0.05, 0) is 67.3 Å². The maximum Gasteiger partial charge on any atom is 0.416 e. The van der Waals surface area contributed by atoms with E-state index in [1.807, 2.05) is 32.9 Å². The molecular formula is C24H23F3N2O3. The highest BCUT2D eigenvalue weighted by atomic mass is 19.4. The lowest BCUT2D eigenvalue weighted by atomic mass is 10.1. The number of ether oxygens (including phenoxy) is 2. The van der Waals surface area contributed by atoms with Gasteiger partial charge in [-0.15, -0.1) is 0 Å². The summed E-state index contributed by atoms with van der Waals surface area (Å²) in [6.07, 6.45) is -4.42. The van der Waals surface area contributed by atoms with Gasteiger partial charge in [0.1, 0.15) is 5.69 Å². The van der Waals surface area contributed by atoms with Gasteiger partial charge < -0.3 is 19.4 Å². The van der Waals surface area contributed by atoms with E-state index in [-0.39, 0.29) is 25.8 Å². The van der Waals surface area contributed by atoms with Crippen LogP contribution in [0.2, 0.25) is 0 Å². The molecule has 168 valence electrons. The number of halogens is 3. The summed E-state index contributed by atoms with van der Waals surface area (Å²) in [6, 6.07) is 10.6. The van der Waals surface area contributed by atoms with Crippen molar-refractivity contribution in [3.05, 3.63) is 81.7 Å². The topological polar surface area (TPSA) is 52.5 Å². The molecule has 4 rings (SSSR count). The van der Waals surface area contributed by atoms with Gasteiger partial charge in [0.05, 0.1) is 5.56 Å². The molecule has 1 N–H and O–H groups in total. The van der Waals surface area contributed by atoms with Gasteiger partial charge in [0, 0.05) is 18.8 Å². The SMILES string of the molecule is Cc1c(C)c(C(=O)NCc2ccc3c(c2)OCO3)n(Cc2cccc(C(F)(F)F)c2)c1C. The normalized spacial score (nSPS) is 12.8. The second-order valence-corrected chi connectivity index (χ2v) is 7.84. The Balaban J connectivity index is 1.58. The predicted octanol–water partition coefficient (Wildman–Crippen LogP) is 5.14. The van der Waals surface area contributed by atoms with Crippen LogP contribution in [0.4, 0.5) is 13.2 Å². The van der Waals surface area contributed by atoms with Crippen molar-refractivity contribution in [2.24, 2.45) is 0 Å². The summed E-state index contributed by atoms with van der Waals surface area (Å²) in [7, 11) is 0. The van der Waals surface area contributed by atoms with Crippen LogP contribution in [-0.2, 0) is 19.3 Å². The van der Waals surface area contributed by atoms with Gasteiger partial charge in [-0.25, -0.2) is 0 Å². The second-order valence-electron chi connectivity index (χ2n) is 7.84. The van der Waals surface area contributed by atoms with Crippen molar-refractivity contribution in [1.29, 1.82) is 0 Å². The molecular weight excluding hydrogens is 421 g/mol. The average Bonchev–Trinajstić information content (AvgIpc) is 3.30. The number of rotatable bonds is 5. The van der Waals surface area contributed by atoms with Crippen LogP contribution < -0.4 is 14.8 Å². The van der Waals surface area contributed by atoms with Gasteiger partial charge in [-0.3, -0.25) is 4.79 Å². The lowest BCUT2D eigenvalue weighted by molar-refractivity contribution is -0.137. The zero-order valence-corrected chi connectivity index (χ0v) is 18.0.